The van der Waals surface area contributed by atoms with Crippen LogP contribution in [0.15, 0.2) is 22.7 Å². The van der Waals surface area contributed by atoms with Gasteiger partial charge in [-0.1, -0.05) is 15.9 Å². The topological polar surface area (TPSA) is 38.3 Å². The third-order valence-electron chi connectivity index (χ3n) is 2.74. The Hall–Kier alpha value is -0.870. The van der Waals surface area contributed by atoms with Gasteiger partial charge in [-0.05, 0) is 37.7 Å². The number of likely N-dealkylation sites (N-methyl/N-ethyl adjacent to an activating group) is 1. The highest BCUT2D eigenvalue weighted by molar-refractivity contribution is 9.10. The van der Waals surface area contributed by atoms with Crippen molar-refractivity contribution < 1.29 is 9.53 Å². The van der Waals surface area contributed by atoms with Crippen LogP contribution in [-0.4, -0.2) is 25.2 Å². The summed E-state index contributed by atoms with van der Waals surface area (Å²) in [7, 11) is 1.86. The van der Waals surface area contributed by atoms with E-state index >= 15 is 0 Å². The SMILES string of the molecule is CNCC1(C)Cc2cc(Br)ccc2C(=O)O1. The van der Waals surface area contributed by atoms with Crippen molar-refractivity contribution in [2.75, 3.05) is 13.6 Å². The summed E-state index contributed by atoms with van der Waals surface area (Å²) in [5.41, 5.74) is 1.28. The number of nitrogens with one attached hydrogen (secondary N) is 1. The average Bonchev–Trinajstić information content (AvgIpc) is 2.15. The number of benzene rings is 1. The second kappa shape index (κ2) is 4.18. The van der Waals surface area contributed by atoms with Gasteiger partial charge in [0.05, 0.1) is 5.56 Å². The maximum absolute atomic E-state index is 11.8. The molecular weight excluding hydrogens is 270 g/mol. The molecular formula is C12H14BrNO2. The zero-order chi connectivity index (χ0) is 11.8. The van der Waals surface area contributed by atoms with Gasteiger partial charge in [-0.3, -0.25) is 0 Å². The second-order valence-corrected chi connectivity index (χ2v) is 5.26. The van der Waals surface area contributed by atoms with E-state index in [1.165, 1.54) is 0 Å². The third kappa shape index (κ3) is 2.13. The van der Waals surface area contributed by atoms with Crippen molar-refractivity contribution in [2.24, 2.45) is 0 Å². The van der Waals surface area contributed by atoms with Crippen LogP contribution in [0.4, 0.5) is 0 Å². The van der Waals surface area contributed by atoms with Gasteiger partial charge in [0, 0.05) is 17.4 Å². The molecule has 0 saturated heterocycles. The van der Waals surface area contributed by atoms with Crippen molar-refractivity contribution in [2.45, 2.75) is 18.9 Å². The molecule has 0 amide bonds. The number of ether oxygens (including phenoxy) is 1. The Kier molecular flexibility index (Phi) is 3.04. The Bertz CT molecular complexity index is 433. The summed E-state index contributed by atoms with van der Waals surface area (Å²) >= 11 is 3.42. The molecule has 1 N–H and O–H groups in total. The highest BCUT2D eigenvalue weighted by Gasteiger charge is 2.35. The first-order chi connectivity index (χ1) is 7.54. The van der Waals surface area contributed by atoms with E-state index in [2.05, 4.69) is 21.2 Å². The van der Waals surface area contributed by atoms with Crippen LogP contribution in [0.1, 0.15) is 22.8 Å². The van der Waals surface area contributed by atoms with Gasteiger partial charge >= 0.3 is 5.97 Å². The van der Waals surface area contributed by atoms with Crippen molar-refractivity contribution in [1.82, 2.24) is 5.32 Å². The fourth-order valence-electron chi connectivity index (χ4n) is 2.10. The molecule has 0 radical (unpaired) electrons. The zero-order valence-electron chi connectivity index (χ0n) is 9.34. The Morgan fingerprint density at radius 1 is 1.56 bits per heavy atom. The fourth-order valence-corrected chi connectivity index (χ4v) is 2.51. The minimum absolute atomic E-state index is 0.230. The fraction of sp³-hybridized carbons (Fsp3) is 0.417. The van der Waals surface area contributed by atoms with E-state index in [4.69, 9.17) is 4.74 Å². The van der Waals surface area contributed by atoms with Crippen LogP contribution < -0.4 is 5.32 Å². The quantitative estimate of drug-likeness (QED) is 0.846. The first kappa shape index (κ1) is 11.6. The minimum Gasteiger partial charge on any atom is -0.454 e. The molecule has 2 rings (SSSR count). The molecule has 0 aromatic heterocycles. The molecule has 0 bridgehead atoms. The van der Waals surface area contributed by atoms with Gasteiger partial charge in [0.15, 0.2) is 0 Å². The first-order valence-corrected chi connectivity index (χ1v) is 6.00. The van der Waals surface area contributed by atoms with Crippen molar-refractivity contribution in [1.29, 1.82) is 0 Å². The molecule has 3 nitrogen and oxygen atoms in total. The number of halogens is 1. The van der Waals surface area contributed by atoms with Crippen molar-refractivity contribution in [3.8, 4) is 0 Å². The van der Waals surface area contributed by atoms with E-state index in [1.807, 2.05) is 26.1 Å². The number of fused-ring (bicyclic) bond motifs is 1. The Labute approximate surface area is 103 Å². The molecule has 0 saturated carbocycles. The molecule has 0 aliphatic carbocycles. The highest BCUT2D eigenvalue weighted by atomic mass is 79.9. The molecule has 16 heavy (non-hydrogen) atoms. The number of cyclic esters (lactones) is 1. The lowest BCUT2D eigenvalue weighted by molar-refractivity contribution is -0.0140. The lowest BCUT2D eigenvalue weighted by Crippen LogP contribution is -2.46. The number of rotatable bonds is 2. The summed E-state index contributed by atoms with van der Waals surface area (Å²) in [5.74, 6) is -0.230. The second-order valence-electron chi connectivity index (χ2n) is 4.35. The smallest absolute Gasteiger partial charge is 0.339 e. The van der Waals surface area contributed by atoms with Crippen molar-refractivity contribution in [3.05, 3.63) is 33.8 Å². The average molecular weight is 284 g/mol. The first-order valence-electron chi connectivity index (χ1n) is 5.20. The number of hydrogen-bond acceptors (Lipinski definition) is 3. The molecule has 0 spiro atoms. The van der Waals surface area contributed by atoms with Crippen LogP contribution in [0.25, 0.3) is 0 Å². The Morgan fingerprint density at radius 2 is 2.31 bits per heavy atom. The predicted molar refractivity (Wildman–Crippen MR) is 65.6 cm³/mol. The normalized spacial score (nSPS) is 23.8. The molecule has 1 aromatic rings. The summed E-state index contributed by atoms with van der Waals surface area (Å²) < 4.78 is 6.46. The monoisotopic (exact) mass is 283 g/mol. The summed E-state index contributed by atoms with van der Waals surface area (Å²) in [6, 6.07) is 5.66. The van der Waals surface area contributed by atoms with Crippen LogP contribution in [-0.2, 0) is 11.2 Å². The van der Waals surface area contributed by atoms with Crippen molar-refractivity contribution >= 4 is 21.9 Å². The highest BCUT2D eigenvalue weighted by Crippen LogP contribution is 2.29. The summed E-state index contributed by atoms with van der Waals surface area (Å²) in [6.45, 7) is 2.61. The van der Waals surface area contributed by atoms with E-state index in [0.717, 1.165) is 16.5 Å². The largest absolute Gasteiger partial charge is 0.454 e. The Morgan fingerprint density at radius 3 is 3.00 bits per heavy atom. The molecule has 1 aliphatic rings. The molecule has 1 heterocycles. The molecule has 4 heteroatoms. The van der Waals surface area contributed by atoms with E-state index < -0.39 is 5.60 Å². The van der Waals surface area contributed by atoms with Gasteiger partial charge in [-0.2, -0.15) is 0 Å². The summed E-state index contributed by atoms with van der Waals surface area (Å²) in [5, 5.41) is 3.05. The zero-order valence-corrected chi connectivity index (χ0v) is 10.9. The maximum atomic E-state index is 11.8. The number of hydrogen-bond donors (Lipinski definition) is 1. The summed E-state index contributed by atoms with van der Waals surface area (Å²) in [6.07, 6.45) is 0.744. The molecule has 0 fully saturated rings. The number of carbonyl (C=O) groups is 1. The Balaban J connectivity index is 2.38. The van der Waals surface area contributed by atoms with Gasteiger partial charge in [0.25, 0.3) is 0 Å². The van der Waals surface area contributed by atoms with Crippen LogP contribution in [0.5, 0.6) is 0 Å². The van der Waals surface area contributed by atoms with Gasteiger partial charge in [0.1, 0.15) is 5.60 Å². The minimum atomic E-state index is -0.445. The van der Waals surface area contributed by atoms with Crippen LogP contribution in [0.2, 0.25) is 0 Å². The lowest BCUT2D eigenvalue weighted by atomic mass is 9.90. The molecule has 1 aliphatic heterocycles. The van der Waals surface area contributed by atoms with Crippen molar-refractivity contribution in [3.63, 3.8) is 0 Å². The molecule has 86 valence electrons. The molecule has 1 atom stereocenters. The van der Waals surface area contributed by atoms with E-state index in [0.29, 0.717) is 12.1 Å². The maximum Gasteiger partial charge on any atom is 0.339 e. The molecule has 1 aromatic carbocycles. The third-order valence-corrected chi connectivity index (χ3v) is 3.23. The number of esters is 1. The van der Waals surface area contributed by atoms with Crippen LogP contribution >= 0.6 is 15.9 Å². The van der Waals surface area contributed by atoms with Crippen LogP contribution in [0, 0.1) is 0 Å². The number of carbonyl (C=O) groups excluding carboxylic acids is 1. The van der Waals surface area contributed by atoms with Gasteiger partial charge < -0.3 is 10.1 Å². The van der Waals surface area contributed by atoms with E-state index in [-0.39, 0.29) is 5.97 Å². The van der Waals surface area contributed by atoms with Crippen LogP contribution in [0.3, 0.4) is 0 Å². The molecule has 1 unspecified atom stereocenters. The van der Waals surface area contributed by atoms with E-state index in [9.17, 15) is 4.79 Å². The predicted octanol–water partition coefficient (Wildman–Crippen LogP) is 2.14. The van der Waals surface area contributed by atoms with Gasteiger partial charge in [-0.25, -0.2) is 4.79 Å². The van der Waals surface area contributed by atoms with Gasteiger partial charge in [-0.15, -0.1) is 0 Å². The standard InChI is InChI=1S/C12H14BrNO2/c1-12(7-14-2)6-8-5-9(13)3-4-10(8)11(15)16-12/h3-5,14H,6-7H2,1-2H3. The summed E-state index contributed by atoms with van der Waals surface area (Å²) in [4.78, 5) is 11.8. The van der Waals surface area contributed by atoms with E-state index in [1.54, 1.807) is 6.07 Å². The lowest BCUT2D eigenvalue weighted by Gasteiger charge is -2.34. The van der Waals surface area contributed by atoms with Gasteiger partial charge in [0.2, 0.25) is 0 Å².